The fourth-order valence-corrected chi connectivity index (χ4v) is 4.81. The van der Waals surface area contributed by atoms with E-state index in [0.29, 0.717) is 11.7 Å². The van der Waals surface area contributed by atoms with Crippen LogP contribution >= 0.6 is 11.3 Å². The Morgan fingerprint density at radius 2 is 2.08 bits per heavy atom. The second-order valence-corrected chi connectivity index (χ2v) is 7.71. The van der Waals surface area contributed by atoms with Gasteiger partial charge in [-0.05, 0) is 37.8 Å². The van der Waals surface area contributed by atoms with E-state index in [2.05, 4.69) is 46.2 Å². The Kier molecular flexibility index (Phi) is 4.02. The number of aryl methyl sites for hydroxylation is 1. The van der Waals surface area contributed by atoms with Crippen molar-refractivity contribution >= 4 is 16.3 Å². The number of rotatable bonds is 3. The third kappa shape index (κ3) is 2.70. The zero-order chi connectivity index (χ0) is 16.7. The van der Waals surface area contributed by atoms with E-state index < -0.39 is 0 Å². The maximum atomic E-state index is 10.8. The first kappa shape index (κ1) is 15.6. The van der Waals surface area contributed by atoms with Gasteiger partial charge in [-0.15, -0.1) is 5.10 Å². The molecule has 24 heavy (non-hydrogen) atoms. The Hall–Kier alpha value is -1.92. The summed E-state index contributed by atoms with van der Waals surface area (Å²) in [6.07, 6.45) is 2.48. The number of hydrogen-bond donors (Lipinski definition) is 1. The first-order valence-corrected chi connectivity index (χ1v) is 9.29. The molecule has 1 saturated heterocycles. The SMILES string of the molecule is Cc1nc2sc([C@@H](c3ccccc3)N3CCC[C@H](C)C3)c(O)n2n1. The lowest BCUT2D eigenvalue weighted by Gasteiger charge is -2.37. The van der Waals surface area contributed by atoms with Crippen molar-refractivity contribution in [2.45, 2.75) is 32.7 Å². The molecule has 2 atom stereocenters. The normalized spacial score (nSPS) is 20.5. The van der Waals surface area contributed by atoms with Crippen LogP contribution < -0.4 is 0 Å². The molecule has 3 aromatic rings. The van der Waals surface area contributed by atoms with Gasteiger partial charge in [0.15, 0.2) is 0 Å². The molecule has 0 saturated carbocycles. The number of aromatic hydroxyl groups is 1. The van der Waals surface area contributed by atoms with E-state index in [9.17, 15) is 5.11 Å². The summed E-state index contributed by atoms with van der Waals surface area (Å²) >= 11 is 1.54. The van der Waals surface area contributed by atoms with Crippen LogP contribution in [-0.4, -0.2) is 37.7 Å². The van der Waals surface area contributed by atoms with E-state index in [-0.39, 0.29) is 11.9 Å². The average Bonchev–Trinajstić information content (AvgIpc) is 3.07. The summed E-state index contributed by atoms with van der Waals surface area (Å²) in [6.45, 7) is 6.25. The first-order valence-electron chi connectivity index (χ1n) is 8.47. The first-order chi connectivity index (χ1) is 11.6. The number of thiazole rings is 1. The minimum absolute atomic E-state index is 0.0581. The van der Waals surface area contributed by atoms with Gasteiger partial charge < -0.3 is 5.11 Å². The number of benzene rings is 1. The highest BCUT2D eigenvalue weighted by Crippen LogP contribution is 2.41. The lowest BCUT2D eigenvalue weighted by atomic mass is 9.95. The smallest absolute Gasteiger partial charge is 0.230 e. The van der Waals surface area contributed by atoms with Crippen molar-refractivity contribution in [3.05, 3.63) is 46.6 Å². The van der Waals surface area contributed by atoms with Gasteiger partial charge in [0.05, 0.1) is 10.9 Å². The third-order valence-electron chi connectivity index (χ3n) is 4.72. The van der Waals surface area contributed by atoms with Gasteiger partial charge in [0.1, 0.15) is 5.82 Å². The standard InChI is InChI=1S/C18H22N4OS/c1-12-7-6-10-21(11-12)15(14-8-4-3-5-9-14)16-17(23)22-18(24-16)19-13(2)20-22/h3-5,8-9,12,15,23H,6-7,10-11H2,1-2H3/t12-,15+/m0/s1. The van der Waals surface area contributed by atoms with Gasteiger partial charge in [0.2, 0.25) is 10.8 Å². The molecule has 1 aliphatic rings. The summed E-state index contributed by atoms with van der Waals surface area (Å²) < 4.78 is 1.57. The summed E-state index contributed by atoms with van der Waals surface area (Å²) in [5.41, 5.74) is 1.21. The van der Waals surface area contributed by atoms with Gasteiger partial charge in [-0.25, -0.2) is 4.98 Å². The fourth-order valence-electron chi connectivity index (χ4n) is 3.65. The summed E-state index contributed by atoms with van der Waals surface area (Å²) in [4.78, 5) is 8.60. The molecule has 1 aliphatic heterocycles. The largest absolute Gasteiger partial charge is 0.492 e. The minimum Gasteiger partial charge on any atom is -0.492 e. The minimum atomic E-state index is 0.0581. The van der Waals surface area contributed by atoms with Crippen LogP contribution in [0.2, 0.25) is 0 Å². The summed E-state index contributed by atoms with van der Waals surface area (Å²) in [5.74, 6) is 1.59. The molecule has 4 rings (SSSR count). The van der Waals surface area contributed by atoms with Gasteiger partial charge >= 0.3 is 0 Å². The summed E-state index contributed by atoms with van der Waals surface area (Å²) in [7, 11) is 0. The molecule has 6 heteroatoms. The van der Waals surface area contributed by atoms with Crippen LogP contribution in [0.25, 0.3) is 4.96 Å². The van der Waals surface area contributed by atoms with Crippen molar-refractivity contribution in [1.29, 1.82) is 0 Å². The van der Waals surface area contributed by atoms with Crippen LogP contribution in [0.1, 0.15) is 42.1 Å². The molecule has 1 fully saturated rings. The second kappa shape index (κ2) is 6.18. The molecular weight excluding hydrogens is 320 g/mol. The Morgan fingerprint density at radius 3 is 2.79 bits per heavy atom. The molecule has 0 spiro atoms. The van der Waals surface area contributed by atoms with E-state index in [1.54, 1.807) is 15.9 Å². The predicted octanol–water partition coefficient (Wildman–Crippen LogP) is 3.63. The predicted molar refractivity (Wildman–Crippen MR) is 95.5 cm³/mol. The molecule has 3 heterocycles. The van der Waals surface area contributed by atoms with Crippen LogP contribution in [0.3, 0.4) is 0 Å². The van der Waals surface area contributed by atoms with E-state index in [4.69, 9.17) is 0 Å². The van der Waals surface area contributed by atoms with Gasteiger partial charge in [0.25, 0.3) is 0 Å². The van der Waals surface area contributed by atoms with Crippen molar-refractivity contribution in [3.8, 4) is 5.88 Å². The van der Waals surface area contributed by atoms with Gasteiger partial charge in [-0.2, -0.15) is 4.52 Å². The average molecular weight is 342 g/mol. The highest BCUT2D eigenvalue weighted by molar-refractivity contribution is 7.17. The number of piperidine rings is 1. The second-order valence-electron chi connectivity index (χ2n) is 6.70. The molecule has 0 unspecified atom stereocenters. The van der Waals surface area contributed by atoms with E-state index >= 15 is 0 Å². The molecule has 0 radical (unpaired) electrons. The highest BCUT2D eigenvalue weighted by atomic mass is 32.1. The number of likely N-dealkylation sites (tertiary alicyclic amines) is 1. The van der Waals surface area contributed by atoms with Crippen LogP contribution in [0.4, 0.5) is 0 Å². The Labute approximate surface area is 145 Å². The number of nitrogens with zero attached hydrogens (tertiary/aromatic N) is 4. The van der Waals surface area contributed by atoms with Crippen molar-refractivity contribution in [3.63, 3.8) is 0 Å². The van der Waals surface area contributed by atoms with E-state index in [1.807, 2.05) is 13.0 Å². The monoisotopic (exact) mass is 342 g/mol. The molecule has 0 amide bonds. The number of fused-ring (bicyclic) bond motifs is 1. The molecule has 0 bridgehead atoms. The van der Waals surface area contributed by atoms with Gasteiger partial charge in [-0.1, -0.05) is 48.6 Å². The zero-order valence-corrected chi connectivity index (χ0v) is 14.8. The Morgan fingerprint density at radius 1 is 1.29 bits per heavy atom. The lowest BCUT2D eigenvalue weighted by molar-refractivity contribution is 0.149. The molecule has 5 nitrogen and oxygen atoms in total. The Bertz CT molecular complexity index is 841. The van der Waals surface area contributed by atoms with Crippen molar-refractivity contribution in [1.82, 2.24) is 19.5 Å². The lowest BCUT2D eigenvalue weighted by Crippen LogP contribution is -2.37. The number of aromatic nitrogens is 3. The van der Waals surface area contributed by atoms with Crippen molar-refractivity contribution in [2.24, 2.45) is 5.92 Å². The zero-order valence-electron chi connectivity index (χ0n) is 14.0. The van der Waals surface area contributed by atoms with Gasteiger partial charge in [-0.3, -0.25) is 4.90 Å². The fraction of sp³-hybridized carbons (Fsp3) is 0.444. The highest BCUT2D eigenvalue weighted by Gasteiger charge is 2.31. The summed E-state index contributed by atoms with van der Waals surface area (Å²) in [6, 6.07) is 10.5. The molecule has 126 valence electrons. The van der Waals surface area contributed by atoms with Crippen LogP contribution in [0.5, 0.6) is 5.88 Å². The van der Waals surface area contributed by atoms with Crippen LogP contribution in [0.15, 0.2) is 30.3 Å². The van der Waals surface area contributed by atoms with E-state index in [1.165, 1.54) is 18.4 Å². The third-order valence-corrected chi connectivity index (χ3v) is 5.80. The van der Waals surface area contributed by atoms with Crippen LogP contribution in [-0.2, 0) is 0 Å². The molecule has 2 aromatic heterocycles. The van der Waals surface area contributed by atoms with Crippen molar-refractivity contribution < 1.29 is 5.11 Å². The molecule has 1 N–H and O–H groups in total. The maximum absolute atomic E-state index is 10.8. The maximum Gasteiger partial charge on any atom is 0.230 e. The van der Waals surface area contributed by atoms with Crippen LogP contribution in [0, 0.1) is 12.8 Å². The molecular formula is C18H22N4OS. The topological polar surface area (TPSA) is 53.7 Å². The van der Waals surface area contributed by atoms with Gasteiger partial charge in [0, 0.05) is 6.54 Å². The summed E-state index contributed by atoms with van der Waals surface area (Å²) in [5, 5.41) is 15.1. The molecule has 1 aromatic carbocycles. The Balaban J connectivity index is 1.81. The number of hydrogen-bond acceptors (Lipinski definition) is 5. The molecule has 0 aliphatic carbocycles. The van der Waals surface area contributed by atoms with Crippen molar-refractivity contribution in [2.75, 3.05) is 13.1 Å². The quantitative estimate of drug-likeness (QED) is 0.790. The van der Waals surface area contributed by atoms with E-state index in [0.717, 1.165) is 22.9 Å².